The maximum absolute atomic E-state index is 10.1. The molecule has 0 aromatic carbocycles. The third-order valence-corrected chi connectivity index (χ3v) is 3.06. The van der Waals surface area contributed by atoms with Crippen molar-refractivity contribution in [3.63, 3.8) is 0 Å². The Balaban J connectivity index is 3.06. The van der Waals surface area contributed by atoms with Gasteiger partial charge in [0.1, 0.15) is 18.1 Å². The zero-order chi connectivity index (χ0) is 16.0. The van der Waals surface area contributed by atoms with Gasteiger partial charge in [0.05, 0.1) is 6.10 Å². The van der Waals surface area contributed by atoms with Crippen molar-refractivity contribution in [2.75, 3.05) is 31.4 Å². The Labute approximate surface area is 122 Å². The number of hydrogen-bond donors (Lipinski definition) is 4. The van der Waals surface area contributed by atoms with Crippen molar-refractivity contribution in [2.45, 2.75) is 24.9 Å². The van der Waals surface area contributed by atoms with Gasteiger partial charge in [0.25, 0.3) is 0 Å². The molecule has 0 aliphatic rings. The van der Waals surface area contributed by atoms with E-state index in [1.807, 2.05) is 0 Å². The predicted octanol–water partition coefficient (Wildman–Crippen LogP) is -1.10. The van der Waals surface area contributed by atoms with Gasteiger partial charge < -0.3 is 30.7 Å². The Morgan fingerprint density at radius 3 is 2.67 bits per heavy atom. The summed E-state index contributed by atoms with van der Waals surface area (Å²) >= 11 is 0. The minimum absolute atomic E-state index is 0.0212. The fraction of sp³-hybridized carbons (Fsp3) is 0.583. The number of hydrogen-bond acceptors (Lipinski definition) is 9. The second kappa shape index (κ2) is 7.84. The Hall–Kier alpha value is -1.81. The molecule has 0 aliphatic heterocycles. The fourth-order valence-corrected chi connectivity index (χ4v) is 1.93. The third-order valence-electron chi connectivity index (χ3n) is 3.06. The molecule has 1 rings (SSSR count). The van der Waals surface area contributed by atoms with Crippen LogP contribution >= 0.6 is 0 Å². The van der Waals surface area contributed by atoms with Crippen LogP contribution in [0.15, 0.2) is 11.3 Å². The lowest BCUT2D eigenvalue weighted by molar-refractivity contribution is -0.0796. The Kier molecular flexibility index (Phi) is 6.43. The van der Waals surface area contributed by atoms with Crippen LogP contribution in [-0.4, -0.2) is 71.2 Å². The molecule has 1 aromatic heterocycles. The van der Waals surface area contributed by atoms with E-state index in [-0.39, 0.29) is 24.5 Å². The SMILES string of the molecule is C=Nc1c(N)ncnc1N(C)C(OC)C(O)C(O)CCO. The van der Waals surface area contributed by atoms with E-state index >= 15 is 0 Å². The molecule has 0 radical (unpaired) electrons. The number of ether oxygens (including phenoxy) is 1. The first kappa shape index (κ1) is 17.2. The van der Waals surface area contributed by atoms with Crippen molar-refractivity contribution >= 4 is 24.0 Å². The van der Waals surface area contributed by atoms with Crippen LogP contribution in [0, 0.1) is 0 Å². The number of aliphatic hydroxyl groups excluding tert-OH is 3. The number of nitrogens with two attached hydrogens (primary N) is 1. The first-order valence-electron chi connectivity index (χ1n) is 6.27. The smallest absolute Gasteiger partial charge is 0.162 e. The number of aromatic nitrogens is 2. The van der Waals surface area contributed by atoms with Gasteiger partial charge in [-0.3, -0.25) is 4.99 Å². The molecule has 0 saturated heterocycles. The molecule has 0 saturated carbocycles. The van der Waals surface area contributed by atoms with Gasteiger partial charge in [-0.2, -0.15) is 0 Å². The fourth-order valence-electron chi connectivity index (χ4n) is 1.93. The summed E-state index contributed by atoms with van der Waals surface area (Å²) in [6.07, 6.45) is -2.06. The van der Waals surface area contributed by atoms with Gasteiger partial charge >= 0.3 is 0 Å². The molecule has 0 amide bonds. The molecule has 1 aromatic rings. The highest BCUT2D eigenvalue weighted by Gasteiger charge is 2.31. The summed E-state index contributed by atoms with van der Waals surface area (Å²) in [5.74, 6) is 0.446. The first-order chi connectivity index (χ1) is 9.97. The quantitative estimate of drug-likeness (QED) is 0.351. The number of nitrogen functional groups attached to an aromatic ring is 1. The van der Waals surface area contributed by atoms with Crippen molar-refractivity contribution in [3.8, 4) is 0 Å². The van der Waals surface area contributed by atoms with Crippen LogP contribution in [0.2, 0.25) is 0 Å². The summed E-state index contributed by atoms with van der Waals surface area (Å²) in [5, 5.41) is 28.7. The van der Waals surface area contributed by atoms with Gasteiger partial charge in [-0.1, -0.05) is 0 Å². The number of rotatable bonds is 8. The second-order valence-corrected chi connectivity index (χ2v) is 4.40. The van der Waals surface area contributed by atoms with Crippen LogP contribution in [0.4, 0.5) is 17.3 Å². The zero-order valence-electron chi connectivity index (χ0n) is 12.0. The van der Waals surface area contributed by atoms with Crippen molar-refractivity contribution in [3.05, 3.63) is 6.33 Å². The monoisotopic (exact) mass is 299 g/mol. The van der Waals surface area contributed by atoms with E-state index in [1.165, 1.54) is 18.3 Å². The molecule has 21 heavy (non-hydrogen) atoms. The Morgan fingerprint density at radius 2 is 2.14 bits per heavy atom. The normalized spacial score (nSPS) is 15.3. The summed E-state index contributed by atoms with van der Waals surface area (Å²) < 4.78 is 5.21. The molecular formula is C12H21N5O4. The molecule has 3 atom stereocenters. The predicted molar refractivity (Wildman–Crippen MR) is 78.6 cm³/mol. The highest BCUT2D eigenvalue weighted by Crippen LogP contribution is 2.31. The van der Waals surface area contributed by atoms with Crippen LogP contribution in [0.1, 0.15) is 6.42 Å². The Bertz CT molecular complexity index is 473. The molecule has 1 heterocycles. The molecular weight excluding hydrogens is 278 g/mol. The van der Waals surface area contributed by atoms with Crippen LogP contribution < -0.4 is 10.6 Å². The summed E-state index contributed by atoms with van der Waals surface area (Å²) in [6, 6.07) is 0. The highest BCUT2D eigenvalue weighted by molar-refractivity contribution is 5.74. The van der Waals surface area contributed by atoms with Crippen LogP contribution in [0.3, 0.4) is 0 Å². The highest BCUT2D eigenvalue weighted by atomic mass is 16.5. The van der Waals surface area contributed by atoms with E-state index in [0.29, 0.717) is 5.82 Å². The van der Waals surface area contributed by atoms with Crippen molar-refractivity contribution < 1.29 is 20.1 Å². The van der Waals surface area contributed by atoms with Gasteiger partial charge in [-0.05, 0) is 13.1 Å². The molecule has 0 aliphatic carbocycles. The topological polar surface area (TPSA) is 137 Å². The lowest BCUT2D eigenvalue weighted by Crippen LogP contribution is -2.49. The summed E-state index contributed by atoms with van der Waals surface area (Å²) in [6.45, 7) is 3.16. The Morgan fingerprint density at radius 1 is 1.48 bits per heavy atom. The minimum Gasteiger partial charge on any atom is -0.396 e. The van der Waals surface area contributed by atoms with Crippen molar-refractivity contribution in [1.82, 2.24) is 9.97 Å². The first-order valence-corrected chi connectivity index (χ1v) is 6.27. The van der Waals surface area contributed by atoms with Gasteiger partial charge in [0.15, 0.2) is 17.9 Å². The van der Waals surface area contributed by atoms with Crippen LogP contribution in [0.5, 0.6) is 0 Å². The number of anilines is 2. The van der Waals surface area contributed by atoms with E-state index in [1.54, 1.807) is 7.05 Å². The number of nitrogens with zero attached hydrogens (tertiary/aromatic N) is 4. The summed E-state index contributed by atoms with van der Waals surface area (Å²) in [4.78, 5) is 13.1. The lowest BCUT2D eigenvalue weighted by Gasteiger charge is -2.33. The van der Waals surface area contributed by atoms with Crippen molar-refractivity contribution in [2.24, 2.45) is 4.99 Å². The van der Waals surface area contributed by atoms with E-state index < -0.39 is 18.4 Å². The molecule has 3 unspecified atom stereocenters. The van der Waals surface area contributed by atoms with E-state index in [4.69, 9.17) is 15.6 Å². The van der Waals surface area contributed by atoms with Crippen LogP contribution in [-0.2, 0) is 4.74 Å². The van der Waals surface area contributed by atoms with E-state index in [9.17, 15) is 10.2 Å². The largest absolute Gasteiger partial charge is 0.396 e. The van der Waals surface area contributed by atoms with Crippen LogP contribution in [0.25, 0.3) is 0 Å². The standard InChI is InChI=1S/C12H21N5O4/c1-14-8-10(13)15-6-16-11(8)17(2)12(21-3)9(20)7(19)4-5-18/h6-7,9,12,18-20H,1,4-5H2,2-3H3,(H2,13,15,16). The number of likely N-dealkylation sites (N-methyl/N-ethyl adjacent to an activating group) is 1. The molecule has 0 bridgehead atoms. The third kappa shape index (κ3) is 3.85. The lowest BCUT2D eigenvalue weighted by atomic mass is 10.1. The molecule has 5 N–H and O–H groups in total. The maximum Gasteiger partial charge on any atom is 0.162 e. The molecule has 118 valence electrons. The average Bonchev–Trinajstić information content (AvgIpc) is 2.47. The second-order valence-electron chi connectivity index (χ2n) is 4.40. The van der Waals surface area contributed by atoms with Gasteiger partial charge in [0, 0.05) is 20.8 Å². The molecule has 0 spiro atoms. The van der Waals surface area contributed by atoms with Crippen molar-refractivity contribution in [1.29, 1.82) is 0 Å². The molecule has 0 fully saturated rings. The van der Waals surface area contributed by atoms with E-state index in [0.717, 1.165) is 0 Å². The summed E-state index contributed by atoms with van der Waals surface area (Å²) in [5.41, 5.74) is 5.95. The number of aliphatic imine (C=N–C) groups is 1. The van der Waals surface area contributed by atoms with Gasteiger partial charge in [-0.25, -0.2) is 9.97 Å². The number of aliphatic hydroxyl groups is 3. The van der Waals surface area contributed by atoms with E-state index in [2.05, 4.69) is 21.7 Å². The van der Waals surface area contributed by atoms with Gasteiger partial charge in [-0.15, -0.1) is 0 Å². The molecule has 9 heteroatoms. The number of methoxy groups -OCH3 is 1. The summed E-state index contributed by atoms with van der Waals surface area (Å²) in [7, 11) is 2.97. The average molecular weight is 299 g/mol. The molecule has 9 nitrogen and oxygen atoms in total. The minimum atomic E-state index is -1.26. The van der Waals surface area contributed by atoms with Gasteiger partial charge in [0.2, 0.25) is 0 Å². The zero-order valence-corrected chi connectivity index (χ0v) is 12.0. The maximum atomic E-state index is 10.1.